The third kappa shape index (κ3) is 3.97. The van der Waals surface area contributed by atoms with E-state index >= 15 is 0 Å². The molecule has 1 N–H and O–H groups in total. The van der Waals surface area contributed by atoms with E-state index in [-0.39, 0.29) is 30.4 Å². The van der Waals surface area contributed by atoms with E-state index in [1.54, 1.807) is 0 Å². The molecule has 0 bridgehead atoms. The van der Waals surface area contributed by atoms with Gasteiger partial charge in [-0.2, -0.15) is 4.57 Å². The van der Waals surface area contributed by atoms with E-state index in [0.29, 0.717) is 24.4 Å². The van der Waals surface area contributed by atoms with E-state index < -0.39 is 5.97 Å². The summed E-state index contributed by atoms with van der Waals surface area (Å²) in [5.41, 5.74) is 5.71. The molecule has 162 valence electrons. The van der Waals surface area contributed by atoms with Gasteiger partial charge in [-0.05, 0) is 55.2 Å². The van der Waals surface area contributed by atoms with Crippen LogP contribution < -0.4 is 33.4 Å². The van der Waals surface area contributed by atoms with Gasteiger partial charge in [0.2, 0.25) is 5.58 Å². The lowest BCUT2D eigenvalue weighted by Gasteiger charge is -2.25. The molecule has 1 aliphatic carbocycles. The summed E-state index contributed by atoms with van der Waals surface area (Å²) in [5, 5.41) is 9.12. The number of aromatic nitrogens is 1. The number of hydrogen-bond acceptors (Lipinski definition) is 3. The van der Waals surface area contributed by atoms with Gasteiger partial charge < -0.3 is 38.4 Å². The van der Waals surface area contributed by atoms with Gasteiger partial charge in [-0.1, -0.05) is 24.6 Å². The summed E-state index contributed by atoms with van der Waals surface area (Å²) < 4.78 is 7.97. The molecule has 0 spiro atoms. The van der Waals surface area contributed by atoms with Crippen LogP contribution in [0.1, 0.15) is 55.5 Å². The van der Waals surface area contributed by atoms with Crippen LogP contribution in [0.2, 0.25) is 0 Å². The van der Waals surface area contributed by atoms with Crippen LogP contribution in [0.25, 0.3) is 23.3 Å². The number of likely N-dealkylation sites (N-methyl/N-ethyl adjacent to an activating group) is 1. The van der Waals surface area contributed by atoms with Crippen molar-refractivity contribution in [1.82, 2.24) is 0 Å². The maximum Gasteiger partial charge on any atom is 0.374 e. The second kappa shape index (κ2) is 9.02. The van der Waals surface area contributed by atoms with Crippen molar-refractivity contribution in [2.75, 3.05) is 11.4 Å². The first-order valence-corrected chi connectivity index (χ1v) is 10.9. The minimum atomic E-state index is -0.812. The van der Waals surface area contributed by atoms with Gasteiger partial charge >= 0.3 is 11.9 Å². The maximum atomic E-state index is 11.1. The van der Waals surface area contributed by atoms with Crippen molar-refractivity contribution in [2.24, 2.45) is 0 Å². The molecule has 3 aromatic rings. The van der Waals surface area contributed by atoms with E-state index in [1.807, 2.05) is 34.9 Å². The number of aryl methyl sites for hydroxylation is 1. The maximum absolute atomic E-state index is 11.1. The van der Waals surface area contributed by atoms with Crippen LogP contribution in [0, 0.1) is 0 Å². The minimum Gasteiger partial charge on any atom is -1.00 e. The summed E-state index contributed by atoms with van der Waals surface area (Å²) in [4.78, 5) is 13.7. The number of para-hydroxylation sites is 2. The van der Waals surface area contributed by atoms with Crippen molar-refractivity contribution >= 4 is 34.9 Å². The standard InChI is InChI=1S/C25H26N2O3.HI/c1-2-26-20-8-5-6-18(20)19-16-17(10-12-21(19)26)11-13-24-27(15-14-25(28)29)22-7-3-4-9-23(22)30-24;/h3-4,7,9-13,16,18,20H,2,5-6,8,14-15H2,1H3;1H. The Balaban J connectivity index is 0.00000231. The predicted octanol–water partition coefficient (Wildman–Crippen LogP) is 1.85. The molecule has 5 rings (SSSR count). The highest BCUT2D eigenvalue weighted by Crippen LogP contribution is 2.49. The Morgan fingerprint density at radius 1 is 1.23 bits per heavy atom. The smallest absolute Gasteiger partial charge is 0.374 e. The molecule has 2 atom stereocenters. The molecule has 31 heavy (non-hydrogen) atoms. The second-order valence-corrected chi connectivity index (χ2v) is 8.25. The van der Waals surface area contributed by atoms with E-state index in [2.05, 4.69) is 36.1 Å². The van der Waals surface area contributed by atoms with Crippen molar-refractivity contribution in [3.63, 3.8) is 0 Å². The van der Waals surface area contributed by atoms with Crippen LogP contribution >= 0.6 is 0 Å². The Hall–Kier alpha value is -2.35. The highest BCUT2D eigenvalue weighted by Gasteiger charge is 2.40. The van der Waals surface area contributed by atoms with Crippen LogP contribution in [0.15, 0.2) is 46.9 Å². The summed E-state index contributed by atoms with van der Waals surface area (Å²) in [6, 6.07) is 15.2. The predicted molar refractivity (Wildman–Crippen MR) is 117 cm³/mol. The van der Waals surface area contributed by atoms with Crippen LogP contribution in [0.3, 0.4) is 0 Å². The van der Waals surface area contributed by atoms with Crippen LogP contribution in [0.4, 0.5) is 5.69 Å². The third-order valence-corrected chi connectivity index (χ3v) is 6.59. The molecule has 1 fully saturated rings. The number of halogens is 1. The topological polar surface area (TPSA) is 57.6 Å². The van der Waals surface area contributed by atoms with Gasteiger partial charge in [-0.25, -0.2) is 0 Å². The first kappa shape index (κ1) is 21.9. The quantitative estimate of drug-likeness (QED) is 0.391. The third-order valence-electron chi connectivity index (χ3n) is 6.59. The van der Waals surface area contributed by atoms with Crippen molar-refractivity contribution in [3.05, 3.63) is 59.5 Å². The van der Waals surface area contributed by atoms with Gasteiger partial charge in [-0.3, -0.25) is 4.79 Å². The van der Waals surface area contributed by atoms with E-state index in [9.17, 15) is 4.79 Å². The molecule has 2 aromatic carbocycles. The molecule has 0 saturated heterocycles. The SMILES string of the molecule is CCN1c2ccc(/C=C/c3oc4ccccc4[n+]3CCC(=O)O)cc2C2CCCC21.[I-]. The zero-order chi connectivity index (χ0) is 20.7. The molecule has 0 radical (unpaired) electrons. The normalized spacial score (nSPS) is 19.6. The lowest BCUT2D eigenvalue weighted by Crippen LogP contribution is -3.00. The van der Waals surface area contributed by atoms with E-state index in [0.717, 1.165) is 23.2 Å². The Bertz CT molecular complexity index is 1140. The number of anilines is 1. The monoisotopic (exact) mass is 530 g/mol. The molecule has 2 heterocycles. The number of rotatable bonds is 6. The number of oxazole rings is 1. The van der Waals surface area contributed by atoms with Crippen molar-refractivity contribution < 1.29 is 42.9 Å². The zero-order valence-electron chi connectivity index (χ0n) is 17.6. The molecule has 1 aliphatic heterocycles. The zero-order valence-corrected chi connectivity index (χ0v) is 19.8. The summed E-state index contributed by atoms with van der Waals surface area (Å²) in [5.74, 6) is 0.514. The fraction of sp³-hybridized carbons (Fsp3) is 0.360. The number of hydrogen-bond donors (Lipinski definition) is 1. The molecule has 0 amide bonds. The minimum absolute atomic E-state index is 0. The van der Waals surface area contributed by atoms with Crippen LogP contribution in [-0.2, 0) is 11.3 Å². The molecular formula is C25H27IN2O3. The van der Waals surface area contributed by atoms with Gasteiger partial charge in [-0.15, -0.1) is 0 Å². The molecule has 2 unspecified atom stereocenters. The fourth-order valence-corrected chi connectivity index (χ4v) is 5.28. The highest BCUT2D eigenvalue weighted by molar-refractivity contribution is 5.74. The number of benzene rings is 2. The number of carbonyl (C=O) groups is 1. The molecule has 5 nitrogen and oxygen atoms in total. The number of carboxylic acids is 1. The van der Waals surface area contributed by atoms with E-state index in [4.69, 9.17) is 9.52 Å². The number of carboxylic acid groups (broad SMARTS) is 1. The Labute approximate surface area is 199 Å². The van der Waals surface area contributed by atoms with Crippen molar-refractivity contribution in [1.29, 1.82) is 0 Å². The summed E-state index contributed by atoms with van der Waals surface area (Å²) >= 11 is 0. The number of aliphatic carboxylic acids is 1. The van der Waals surface area contributed by atoms with Gasteiger partial charge in [0.1, 0.15) is 6.42 Å². The van der Waals surface area contributed by atoms with Gasteiger partial charge in [0.25, 0.3) is 5.52 Å². The first-order chi connectivity index (χ1) is 14.7. The Kier molecular flexibility index (Phi) is 6.36. The van der Waals surface area contributed by atoms with Gasteiger partial charge in [0.05, 0.1) is 6.08 Å². The lowest BCUT2D eigenvalue weighted by atomic mass is 9.96. The summed E-state index contributed by atoms with van der Waals surface area (Å²) in [6.45, 7) is 3.69. The molecule has 6 heteroatoms. The van der Waals surface area contributed by atoms with Gasteiger partial charge in [0, 0.05) is 30.3 Å². The largest absolute Gasteiger partial charge is 1.00 e. The number of fused-ring (bicyclic) bond motifs is 4. The average molecular weight is 530 g/mol. The lowest BCUT2D eigenvalue weighted by molar-refractivity contribution is -0.676. The Morgan fingerprint density at radius 2 is 2.06 bits per heavy atom. The first-order valence-electron chi connectivity index (χ1n) is 10.9. The molecule has 2 aliphatic rings. The van der Waals surface area contributed by atoms with E-state index in [1.165, 1.54) is 30.5 Å². The summed E-state index contributed by atoms with van der Waals surface area (Å²) in [7, 11) is 0. The summed E-state index contributed by atoms with van der Waals surface area (Å²) in [6.07, 6.45) is 7.98. The van der Waals surface area contributed by atoms with Gasteiger partial charge in [0.15, 0.2) is 6.54 Å². The Morgan fingerprint density at radius 3 is 2.87 bits per heavy atom. The van der Waals surface area contributed by atoms with Crippen molar-refractivity contribution in [2.45, 2.75) is 51.1 Å². The van der Waals surface area contributed by atoms with Crippen LogP contribution in [-0.4, -0.2) is 23.7 Å². The highest BCUT2D eigenvalue weighted by atomic mass is 127. The van der Waals surface area contributed by atoms with Crippen molar-refractivity contribution in [3.8, 4) is 0 Å². The fourth-order valence-electron chi connectivity index (χ4n) is 5.28. The second-order valence-electron chi connectivity index (χ2n) is 8.25. The average Bonchev–Trinajstić information content (AvgIpc) is 3.43. The number of nitrogens with zero attached hydrogens (tertiary/aromatic N) is 2. The van der Waals surface area contributed by atoms with Crippen LogP contribution in [0.5, 0.6) is 0 Å². The molecular weight excluding hydrogens is 503 g/mol. The molecule has 1 saturated carbocycles. The molecule has 1 aromatic heterocycles.